The highest BCUT2D eigenvalue weighted by Gasteiger charge is 2.16. The summed E-state index contributed by atoms with van der Waals surface area (Å²) >= 11 is 5.71. The molecule has 3 nitrogen and oxygen atoms in total. The molecule has 2 rings (SSSR count). The molecule has 2 heterocycles. The van der Waals surface area contributed by atoms with Gasteiger partial charge < -0.3 is 14.6 Å². The summed E-state index contributed by atoms with van der Waals surface area (Å²) < 4.78 is 5.29. The van der Waals surface area contributed by atoms with Crippen molar-refractivity contribution in [1.82, 2.24) is 10.2 Å². The minimum absolute atomic E-state index is 0.467. The third-order valence-electron chi connectivity index (χ3n) is 3.08. The van der Waals surface area contributed by atoms with Gasteiger partial charge in [-0.1, -0.05) is 0 Å². The van der Waals surface area contributed by atoms with E-state index in [2.05, 4.69) is 17.3 Å². The van der Waals surface area contributed by atoms with Gasteiger partial charge in [-0.15, -0.1) is 0 Å². The molecule has 0 bridgehead atoms. The van der Waals surface area contributed by atoms with E-state index < -0.39 is 0 Å². The molecule has 1 aliphatic rings. The normalized spacial score (nSPS) is 22.5. The van der Waals surface area contributed by atoms with E-state index in [9.17, 15) is 0 Å². The lowest BCUT2D eigenvalue weighted by Crippen LogP contribution is -2.37. The van der Waals surface area contributed by atoms with Crippen LogP contribution in [-0.2, 0) is 6.54 Å². The van der Waals surface area contributed by atoms with Crippen molar-refractivity contribution in [2.75, 3.05) is 26.7 Å². The molecule has 1 aromatic heterocycles. The Morgan fingerprint density at radius 2 is 2.44 bits per heavy atom. The van der Waals surface area contributed by atoms with Gasteiger partial charge in [-0.3, -0.25) is 0 Å². The highest BCUT2D eigenvalue weighted by atomic mass is 35.5. The Kier molecular flexibility index (Phi) is 4.27. The Labute approximate surface area is 102 Å². The van der Waals surface area contributed by atoms with Crippen molar-refractivity contribution < 1.29 is 4.42 Å². The molecule has 1 N–H and O–H groups in total. The summed E-state index contributed by atoms with van der Waals surface area (Å²) in [5.74, 6) is 1.68. The molecular weight excluding hydrogens is 224 g/mol. The Morgan fingerprint density at radius 1 is 1.56 bits per heavy atom. The van der Waals surface area contributed by atoms with Crippen LogP contribution < -0.4 is 5.32 Å². The van der Waals surface area contributed by atoms with Gasteiger partial charge in [0, 0.05) is 6.54 Å². The van der Waals surface area contributed by atoms with E-state index in [0.29, 0.717) is 5.22 Å². The SMILES string of the molecule is CN1CCCC(CNCc2ccc(Cl)o2)C1. The number of piperidine rings is 1. The van der Waals surface area contributed by atoms with Crippen molar-refractivity contribution in [3.63, 3.8) is 0 Å². The second kappa shape index (κ2) is 5.71. The highest BCUT2D eigenvalue weighted by molar-refractivity contribution is 6.28. The maximum Gasteiger partial charge on any atom is 0.193 e. The largest absolute Gasteiger partial charge is 0.448 e. The Morgan fingerprint density at radius 3 is 3.12 bits per heavy atom. The fraction of sp³-hybridized carbons (Fsp3) is 0.667. The lowest BCUT2D eigenvalue weighted by molar-refractivity contribution is 0.205. The summed E-state index contributed by atoms with van der Waals surface area (Å²) in [5, 5.41) is 3.89. The second-order valence-corrected chi connectivity index (χ2v) is 4.98. The van der Waals surface area contributed by atoms with Crippen molar-refractivity contribution in [3.8, 4) is 0 Å². The van der Waals surface area contributed by atoms with E-state index in [-0.39, 0.29) is 0 Å². The van der Waals surface area contributed by atoms with Crippen LogP contribution in [0.2, 0.25) is 5.22 Å². The molecule has 0 spiro atoms. The van der Waals surface area contributed by atoms with Crippen molar-refractivity contribution >= 4 is 11.6 Å². The van der Waals surface area contributed by atoms with Crippen LogP contribution >= 0.6 is 11.6 Å². The molecule has 0 saturated carbocycles. The Balaban J connectivity index is 1.67. The molecular formula is C12H19ClN2O. The number of hydrogen-bond acceptors (Lipinski definition) is 3. The number of nitrogens with zero attached hydrogens (tertiary/aromatic N) is 1. The molecule has 16 heavy (non-hydrogen) atoms. The van der Waals surface area contributed by atoms with Crippen LogP contribution in [-0.4, -0.2) is 31.6 Å². The predicted octanol–water partition coefficient (Wildman–Crippen LogP) is 2.36. The number of hydrogen-bond donors (Lipinski definition) is 1. The Hall–Kier alpha value is -0.510. The van der Waals surface area contributed by atoms with Crippen LogP contribution in [0.5, 0.6) is 0 Å². The standard InChI is InChI=1S/C12H19ClN2O/c1-15-6-2-3-10(9-15)7-14-8-11-4-5-12(13)16-11/h4-5,10,14H,2-3,6-9H2,1H3. The van der Waals surface area contributed by atoms with Gasteiger partial charge in [-0.2, -0.15) is 0 Å². The van der Waals surface area contributed by atoms with Gasteiger partial charge in [0.05, 0.1) is 6.54 Å². The van der Waals surface area contributed by atoms with Crippen molar-refractivity contribution in [2.45, 2.75) is 19.4 Å². The van der Waals surface area contributed by atoms with Crippen LogP contribution in [0.25, 0.3) is 0 Å². The zero-order chi connectivity index (χ0) is 11.4. The van der Waals surface area contributed by atoms with Crippen LogP contribution in [0.15, 0.2) is 16.5 Å². The number of rotatable bonds is 4. The predicted molar refractivity (Wildman–Crippen MR) is 65.6 cm³/mol. The first-order valence-electron chi connectivity index (χ1n) is 5.87. The summed E-state index contributed by atoms with van der Waals surface area (Å²) in [6, 6.07) is 3.70. The lowest BCUT2D eigenvalue weighted by Gasteiger charge is -2.29. The zero-order valence-corrected chi connectivity index (χ0v) is 10.5. The fourth-order valence-electron chi connectivity index (χ4n) is 2.29. The van der Waals surface area contributed by atoms with Gasteiger partial charge in [0.15, 0.2) is 5.22 Å². The van der Waals surface area contributed by atoms with Gasteiger partial charge in [0.25, 0.3) is 0 Å². The summed E-state index contributed by atoms with van der Waals surface area (Å²) in [5.41, 5.74) is 0. The van der Waals surface area contributed by atoms with E-state index in [1.165, 1.54) is 25.9 Å². The average Bonchev–Trinajstić information content (AvgIpc) is 2.64. The number of furan rings is 1. The molecule has 1 saturated heterocycles. The minimum Gasteiger partial charge on any atom is -0.448 e. The quantitative estimate of drug-likeness (QED) is 0.879. The maximum absolute atomic E-state index is 5.71. The fourth-order valence-corrected chi connectivity index (χ4v) is 2.45. The number of likely N-dealkylation sites (tertiary alicyclic amines) is 1. The molecule has 0 radical (unpaired) electrons. The molecule has 1 unspecified atom stereocenters. The first-order valence-corrected chi connectivity index (χ1v) is 6.25. The molecule has 1 atom stereocenters. The first kappa shape index (κ1) is 12.0. The van der Waals surface area contributed by atoms with Crippen LogP contribution in [0, 0.1) is 5.92 Å². The topological polar surface area (TPSA) is 28.4 Å². The van der Waals surface area contributed by atoms with Crippen molar-refractivity contribution in [1.29, 1.82) is 0 Å². The minimum atomic E-state index is 0.467. The van der Waals surface area contributed by atoms with E-state index >= 15 is 0 Å². The third-order valence-corrected chi connectivity index (χ3v) is 3.29. The van der Waals surface area contributed by atoms with Gasteiger partial charge in [-0.25, -0.2) is 0 Å². The molecule has 4 heteroatoms. The second-order valence-electron chi connectivity index (χ2n) is 4.61. The van der Waals surface area contributed by atoms with E-state index in [1.54, 1.807) is 6.07 Å². The third kappa shape index (κ3) is 3.51. The van der Waals surface area contributed by atoms with E-state index in [1.807, 2.05) is 6.07 Å². The monoisotopic (exact) mass is 242 g/mol. The van der Waals surface area contributed by atoms with Gasteiger partial charge >= 0.3 is 0 Å². The van der Waals surface area contributed by atoms with E-state index in [0.717, 1.165) is 24.8 Å². The molecule has 1 aliphatic heterocycles. The van der Waals surface area contributed by atoms with Crippen LogP contribution in [0.1, 0.15) is 18.6 Å². The van der Waals surface area contributed by atoms with Crippen LogP contribution in [0.3, 0.4) is 0 Å². The summed E-state index contributed by atoms with van der Waals surface area (Å²) in [6.45, 7) is 4.27. The summed E-state index contributed by atoms with van der Waals surface area (Å²) in [4.78, 5) is 2.40. The molecule has 0 aromatic carbocycles. The maximum atomic E-state index is 5.71. The molecule has 1 fully saturated rings. The number of halogens is 1. The van der Waals surface area contributed by atoms with Crippen LogP contribution in [0.4, 0.5) is 0 Å². The Bertz CT molecular complexity index is 327. The van der Waals surface area contributed by atoms with Crippen molar-refractivity contribution in [3.05, 3.63) is 23.1 Å². The zero-order valence-electron chi connectivity index (χ0n) is 9.71. The van der Waals surface area contributed by atoms with Gasteiger partial charge in [0.1, 0.15) is 5.76 Å². The van der Waals surface area contributed by atoms with Gasteiger partial charge in [0.2, 0.25) is 0 Å². The van der Waals surface area contributed by atoms with Gasteiger partial charge in [-0.05, 0) is 62.6 Å². The molecule has 0 amide bonds. The smallest absolute Gasteiger partial charge is 0.193 e. The van der Waals surface area contributed by atoms with Crippen molar-refractivity contribution in [2.24, 2.45) is 5.92 Å². The molecule has 90 valence electrons. The lowest BCUT2D eigenvalue weighted by atomic mass is 9.98. The summed E-state index contributed by atoms with van der Waals surface area (Å²) in [7, 11) is 2.19. The molecule has 0 aliphatic carbocycles. The summed E-state index contributed by atoms with van der Waals surface area (Å²) in [6.07, 6.45) is 2.64. The highest BCUT2D eigenvalue weighted by Crippen LogP contribution is 2.15. The number of nitrogens with one attached hydrogen (secondary N) is 1. The average molecular weight is 243 g/mol. The molecule has 1 aromatic rings. The van der Waals surface area contributed by atoms with E-state index in [4.69, 9.17) is 16.0 Å². The first-order chi connectivity index (χ1) is 7.74.